The summed E-state index contributed by atoms with van der Waals surface area (Å²) >= 11 is 0. The van der Waals surface area contributed by atoms with Crippen molar-refractivity contribution in [2.75, 3.05) is 19.6 Å². The molecule has 0 unspecified atom stereocenters. The Morgan fingerprint density at radius 3 is 2.52 bits per heavy atom. The molecule has 0 saturated carbocycles. The summed E-state index contributed by atoms with van der Waals surface area (Å²) in [5.74, 6) is 0.851. The Morgan fingerprint density at radius 2 is 1.83 bits per heavy atom. The highest BCUT2D eigenvalue weighted by Crippen LogP contribution is 2.25. The molecular weight excluding hydrogens is 380 g/mol. The maximum absolute atomic E-state index is 11.1. The maximum Gasteiger partial charge on any atom is 0.328 e. The molecule has 11 nitrogen and oxygen atoms in total. The van der Waals surface area contributed by atoms with Gasteiger partial charge in [0.25, 0.3) is 5.69 Å². The second-order valence-corrected chi connectivity index (χ2v) is 5.37. The molecule has 0 aliphatic carbocycles. The van der Waals surface area contributed by atoms with Gasteiger partial charge in [-0.3, -0.25) is 20.5 Å². The van der Waals surface area contributed by atoms with Crippen LogP contribution in [-0.4, -0.2) is 40.3 Å². The molecule has 0 atom stereocenters. The first kappa shape index (κ1) is 19.5. The van der Waals surface area contributed by atoms with Crippen LogP contribution < -0.4 is 19.6 Å². The summed E-state index contributed by atoms with van der Waals surface area (Å²) in [6, 6.07) is 11.0. The van der Waals surface area contributed by atoms with Crippen molar-refractivity contribution in [2.24, 2.45) is 5.10 Å². The Kier molecular flexibility index (Phi) is 6.10. The molecule has 0 saturated heterocycles. The molecule has 0 radical (unpaired) electrons. The zero-order chi connectivity index (χ0) is 20.6. The molecule has 0 aliphatic rings. The van der Waals surface area contributed by atoms with Crippen LogP contribution in [0.5, 0.6) is 23.5 Å². The first-order chi connectivity index (χ1) is 14.1. The number of nitro groups is 1. The standard InChI is InChI=1S/C18H16N6O5/c1-27-16-10-17(28-2)22-18(21-16)29-15-8-5-9-19-13(15)11-20-23-12-6-3-4-7-14(12)24(25)26/h3-11,23H,1-2H3. The number of nitrogens with zero attached hydrogens (tertiary/aromatic N) is 5. The molecule has 2 aromatic heterocycles. The fourth-order valence-electron chi connectivity index (χ4n) is 2.21. The molecule has 0 spiro atoms. The first-order valence-corrected chi connectivity index (χ1v) is 8.23. The summed E-state index contributed by atoms with van der Waals surface area (Å²) in [7, 11) is 2.92. The summed E-state index contributed by atoms with van der Waals surface area (Å²) in [6.45, 7) is 0. The molecule has 11 heteroatoms. The van der Waals surface area contributed by atoms with Gasteiger partial charge in [-0.15, -0.1) is 0 Å². The van der Waals surface area contributed by atoms with Gasteiger partial charge in [0.1, 0.15) is 11.4 Å². The van der Waals surface area contributed by atoms with E-state index in [0.29, 0.717) is 11.4 Å². The maximum atomic E-state index is 11.1. The van der Waals surface area contributed by atoms with E-state index >= 15 is 0 Å². The van der Waals surface area contributed by atoms with E-state index in [2.05, 4.69) is 25.5 Å². The third-order valence-corrected chi connectivity index (χ3v) is 3.55. The van der Waals surface area contributed by atoms with Gasteiger partial charge in [0.2, 0.25) is 11.8 Å². The number of hydrogen-bond acceptors (Lipinski definition) is 10. The summed E-state index contributed by atoms with van der Waals surface area (Å²) in [4.78, 5) is 22.9. The highest BCUT2D eigenvalue weighted by Gasteiger charge is 2.12. The van der Waals surface area contributed by atoms with Crippen molar-refractivity contribution in [3.8, 4) is 23.5 Å². The summed E-state index contributed by atoms with van der Waals surface area (Å²) in [5.41, 5.74) is 3.13. The minimum atomic E-state index is -0.499. The van der Waals surface area contributed by atoms with E-state index in [1.165, 1.54) is 32.6 Å². The molecule has 0 bridgehead atoms. The smallest absolute Gasteiger partial charge is 0.328 e. The van der Waals surface area contributed by atoms with Crippen molar-refractivity contribution < 1.29 is 19.1 Å². The fraction of sp³-hybridized carbons (Fsp3) is 0.111. The second-order valence-electron chi connectivity index (χ2n) is 5.37. The normalized spacial score (nSPS) is 10.6. The number of para-hydroxylation sites is 2. The summed E-state index contributed by atoms with van der Waals surface area (Å²) < 4.78 is 15.9. The average molecular weight is 396 g/mol. The molecule has 0 fully saturated rings. The van der Waals surface area contributed by atoms with Gasteiger partial charge in [0.15, 0.2) is 5.75 Å². The Bertz CT molecular complexity index is 1020. The van der Waals surface area contributed by atoms with Crippen LogP contribution in [0, 0.1) is 10.1 Å². The number of hydrogen-bond donors (Lipinski definition) is 1. The highest BCUT2D eigenvalue weighted by atomic mass is 16.6. The number of nitrogens with one attached hydrogen (secondary N) is 1. The number of anilines is 1. The van der Waals surface area contributed by atoms with Crippen LogP contribution >= 0.6 is 0 Å². The number of rotatable bonds is 8. The van der Waals surface area contributed by atoms with Crippen LogP contribution in [0.4, 0.5) is 11.4 Å². The van der Waals surface area contributed by atoms with Gasteiger partial charge in [0, 0.05) is 12.3 Å². The largest absolute Gasteiger partial charge is 0.481 e. The topological polar surface area (TPSA) is 134 Å². The van der Waals surface area contributed by atoms with Gasteiger partial charge in [-0.05, 0) is 18.2 Å². The third-order valence-electron chi connectivity index (χ3n) is 3.55. The molecule has 148 valence electrons. The lowest BCUT2D eigenvalue weighted by atomic mass is 10.3. The van der Waals surface area contributed by atoms with Gasteiger partial charge in [0.05, 0.1) is 31.4 Å². The first-order valence-electron chi connectivity index (χ1n) is 8.23. The second kappa shape index (κ2) is 9.08. The van der Waals surface area contributed by atoms with Crippen molar-refractivity contribution in [3.63, 3.8) is 0 Å². The van der Waals surface area contributed by atoms with Crippen molar-refractivity contribution in [3.05, 3.63) is 64.5 Å². The van der Waals surface area contributed by atoms with Gasteiger partial charge in [-0.2, -0.15) is 15.1 Å². The van der Waals surface area contributed by atoms with Gasteiger partial charge in [-0.1, -0.05) is 12.1 Å². The van der Waals surface area contributed by atoms with E-state index in [9.17, 15) is 10.1 Å². The van der Waals surface area contributed by atoms with E-state index in [1.807, 2.05) is 0 Å². The van der Waals surface area contributed by atoms with Crippen LogP contribution in [0.25, 0.3) is 0 Å². The Labute approximate surface area is 165 Å². The third kappa shape index (κ3) is 4.91. The number of methoxy groups -OCH3 is 2. The van der Waals surface area contributed by atoms with Crippen molar-refractivity contribution in [2.45, 2.75) is 0 Å². The lowest BCUT2D eigenvalue weighted by Gasteiger charge is -2.08. The lowest BCUT2D eigenvalue weighted by Crippen LogP contribution is -2.01. The Morgan fingerprint density at radius 1 is 1.10 bits per heavy atom. The Hall–Kier alpha value is -4.28. The predicted octanol–water partition coefficient (Wildman–Crippen LogP) is 3.04. The van der Waals surface area contributed by atoms with E-state index < -0.39 is 4.92 Å². The van der Waals surface area contributed by atoms with Crippen LogP contribution in [0.3, 0.4) is 0 Å². The lowest BCUT2D eigenvalue weighted by molar-refractivity contribution is -0.384. The molecule has 0 amide bonds. The average Bonchev–Trinajstić information content (AvgIpc) is 2.74. The number of nitro benzene ring substituents is 1. The van der Waals surface area contributed by atoms with Crippen molar-refractivity contribution >= 4 is 17.6 Å². The van der Waals surface area contributed by atoms with Gasteiger partial charge < -0.3 is 14.2 Å². The van der Waals surface area contributed by atoms with E-state index in [4.69, 9.17) is 14.2 Å². The molecule has 3 aromatic rings. The van der Waals surface area contributed by atoms with Crippen LogP contribution in [0.1, 0.15) is 5.69 Å². The number of benzene rings is 1. The number of aromatic nitrogens is 3. The molecule has 3 rings (SSSR count). The Balaban J connectivity index is 1.81. The summed E-state index contributed by atoms with van der Waals surface area (Å²) in [6.07, 6.45) is 2.91. The molecule has 29 heavy (non-hydrogen) atoms. The highest BCUT2D eigenvalue weighted by molar-refractivity contribution is 5.81. The minimum absolute atomic E-state index is 0.00416. The fourth-order valence-corrected chi connectivity index (χ4v) is 2.21. The zero-order valence-electron chi connectivity index (χ0n) is 15.5. The monoisotopic (exact) mass is 396 g/mol. The van der Waals surface area contributed by atoms with Gasteiger partial charge in [-0.25, -0.2) is 0 Å². The van der Waals surface area contributed by atoms with Crippen LogP contribution in [0.15, 0.2) is 53.8 Å². The van der Waals surface area contributed by atoms with E-state index in [-0.39, 0.29) is 29.1 Å². The quantitative estimate of drug-likeness (QED) is 0.346. The van der Waals surface area contributed by atoms with Crippen molar-refractivity contribution in [1.29, 1.82) is 0 Å². The molecule has 0 aliphatic heterocycles. The number of ether oxygens (including phenoxy) is 3. The van der Waals surface area contributed by atoms with Crippen molar-refractivity contribution in [1.82, 2.24) is 15.0 Å². The number of hydrazone groups is 1. The van der Waals surface area contributed by atoms with E-state index in [0.717, 1.165) is 0 Å². The summed E-state index contributed by atoms with van der Waals surface area (Å²) in [5, 5.41) is 15.1. The van der Waals surface area contributed by atoms with Gasteiger partial charge >= 0.3 is 6.01 Å². The SMILES string of the molecule is COc1cc(OC)nc(Oc2cccnc2C=NNc2ccccc2[N+](=O)[O-])n1. The molecular formula is C18H16N6O5. The van der Waals surface area contributed by atoms with E-state index in [1.54, 1.807) is 36.5 Å². The zero-order valence-corrected chi connectivity index (χ0v) is 15.5. The van der Waals surface area contributed by atoms with Crippen LogP contribution in [0.2, 0.25) is 0 Å². The molecule has 1 aromatic carbocycles. The minimum Gasteiger partial charge on any atom is -0.481 e. The van der Waals surface area contributed by atoms with Crippen LogP contribution in [-0.2, 0) is 0 Å². The molecule has 1 N–H and O–H groups in total. The predicted molar refractivity (Wildman–Crippen MR) is 104 cm³/mol. The molecule has 2 heterocycles. The number of pyridine rings is 1.